The Morgan fingerprint density at radius 3 is 2.52 bits per heavy atom. The zero-order valence-corrected chi connectivity index (χ0v) is 13.6. The van der Waals surface area contributed by atoms with Gasteiger partial charge in [-0.15, -0.1) is 0 Å². The summed E-state index contributed by atoms with van der Waals surface area (Å²) < 4.78 is 27.6. The van der Waals surface area contributed by atoms with E-state index in [0.717, 1.165) is 0 Å². The van der Waals surface area contributed by atoms with Gasteiger partial charge in [-0.2, -0.15) is 0 Å². The van der Waals surface area contributed by atoms with Crippen molar-refractivity contribution in [2.75, 3.05) is 27.2 Å². The summed E-state index contributed by atoms with van der Waals surface area (Å²) in [6, 6.07) is 1.08. The Morgan fingerprint density at radius 2 is 2.10 bits per heavy atom. The van der Waals surface area contributed by atoms with Crippen LogP contribution >= 0.6 is 0 Å². The van der Waals surface area contributed by atoms with E-state index in [4.69, 9.17) is 5.11 Å². The van der Waals surface area contributed by atoms with Crippen LogP contribution in [0.1, 0.15) is 36.8 Å². The largest absolute Gasteiger partial charge is 0.477 e. The van der Waals surface area contributed by atoms with E-state index in [1.165, 1.54) is 28.2 Å². The summed E-state index contributed by atoms with van der Waals surface area (Å²) in [5.74, 6) is -1.14. The zero-order chi connectivity index (χ0) is 16.2. The van der Waals surface area contributed by atoms with Crippen molar-refractivity contribution in [3.63, 3.8) is 0 Å². The second kappa shape index (κ2) is 7.06. The maximum absolute atomic E-state index is 12.4. The first-order chi connectivity index (χ1) is 9.71. The zero-order valence-electron chi connectivity index (χ0n) is 12.8. The molecule has 120 valence electrons. The van der Waals surface area contributed by atoms with E-state index in [-0.39, 0.29) is 16.6 Å². The third-order valence-corrected chi connectivity index (χ3v) is 5.03. The van der Waals surface area contributed by atoms with Crippen LogP contribution < -0.4 is 5.32 Å². The average Bonchev–Trinajstić information content (AvgIpc) is 2.84. The Labute approximate surface area is 125 Å². The highest BCUT2D eigenvalue weighted by molar-refractivity contribution is 7.89. The highest BCUT2D eigenvalue weighted by atomic mass is 32.2. The number of hydrogen-bond acceptors (Lipinski definition) is 4. The number of nitrogens with one attached hydrogen (secondary N) is 1. The summed E-state index contributed by atoms with van der Waals surface area (Å²) in [6.45, 7) is 4.70. The standard InChI is InChI=1S/C13H23N3O4S/c1-10(2)16-9-11(8-12(16)13(17)18)21(19,20)15(4)7-5-6-14-3/h8-10,14H,5-7H2,1-4H3,(H,17,18). The van der Waals surface area contributed by atoms with Crippen molar-refractivity contribution in [3.8, 4) is 0 Å². The van der Waals surface area contributed by atoms with Crippen LogP contribution in [0.15, 0.2) is 17.2 Å². The lowest BCUT2D eigenvalue weighted by molar-refractivity contribution is 0.0683. The minimum atomic E-state index is -3.67. The van der Waals surface area contributed by atoms with Crippen LogP contribution in [0.5, 0.6) is 0 Å². The maximum Gasteiger partial charge on any atom is 0.352 e. The second-order valence-electron chi connectivity index (χ2n) is 5.15. The minimum absolute atomic E-state index is 0.0144. The molecule has 0 unspecified atom stereocenters. The predicted octanol–water partition coefficient (Wildman–Crippen LogP) is 0.997. The molecule has 0 aliphatic rings. The quantitative estimate of drug-likeness (QED) is 0.698. The molecule has 1 aromatic heterocycles. The normalized spacial score (nSPS) is 12.3. The third kappa shape index (κ3) is 4.05. The Bertz CT molecular complexity index is 593. The molecule has 21 heavy (non-hydrogen) atoms. The molecule has 1 heterocycles. The first-order valence-corrected chi connectivity index (χ1v) is 8.22. The number of hydrogen-bond donors (Lipinski definition) is 2. The molecule has 2 N–H and O–H groups in total. The fourth-order valence-electron chi connectivity index (χ4n) is 1.97. The van der Waals surface area contributed by atoms with Crippen LogP contribution in [0.2, 0.25) is 0 Å². The number of sulfonamides is 1. The van der Waals surface area contributed by atoms with Gasteiger partial charge in [0.15, 0.2) is 0 Å². The molecule has 0 spiro atoms. The van der Waals surface area contributed by atoms with Crippen molar-refractivity contribution < 1.29 is 18.3 Å². The number of rotatable bonds is 8. The minimum Gasteiger partial charge on any atom is -0.477 e. The molecule has 1 rings (SSSR count). The fourth-order valence-corrected chi connectivity index (χ4v) is 3.21. The molecule has 0 saturated heterocycles. The van der Waals surface area contributed by atoms with E-state index in [2.05, 4.69) is 5.32 Å². The van der Waals surface area contributed by atoms with Crippen molar-refractivity contribution in [2.45, 2.75) is 31.2 Å². The number of aromatic carboxylic acids is 1. The fraction of sp³-hybridized carbons (Fsp3) is 0.615. The Kier molecular flexibility index (Phi) is 5.94. The van der Waals surface area contributed by atoms with Crippen molar-refractivity contribution in [1.82, 2.24) is 14.2 Å². The molecule has 0 radical (unpaired) electrons. The lowest BCUT2D eigenvalue weighted by Crippen LogP contribution is -2.29. The SMILES string of the molecule is CNCCCN(C)S(=O)(=O)c1cc(C(=O)O)n(C(C)C)c1. The molecule has 1 aromatic rings. The lowest BCUT2D eigenvalue weighted by atomic mass is 10.3. The first kappa shape index (κ1) is 17.7. The molecule has 0 amide bonds. The van der Waals surface area contributed by atoms with Crippen LogP contribution in [0.25, 0.3) is 0 Å². The van der Waals surface area contributed by atoms with Gasteiger partial charge in [0.2, 0.25) is 10.0 Å². The van der Waals surface area contributed by atoms with Gasteiger partial charge in [0.1, 0.15) is 10.6 Å². The summed E-state index contributed by atoms with van der Waals surface area (Å²) in [4.78, 5) is 11.2. The maximum atomic E-state index is 12.4. The summed E-state index contributed by atoms with van der Waals surface area (Å²) >= 11 is 0. The Hall–Kier alpha value is -1.38. The highest BCUT2D eigenvalue weighted by Gasteiger charge is 2.25. The van der Waals surface area contributed by atoms with E-state index in [0.29, 0.717) is 19.5 Å². The summed E-state index contributed by atoms with van der Waals surface area (Å²) in [7, 11) is -0.367. The van der Waals surface area contributed by atoms with Gasteiger partial charge < -0.3 is 15.0 Å². The van der Waals surface area contributed by atoms with Crippen molar-refractivity contribution in [1.29, 1.82) is 0 Å². The molecule has 8 heteroatoms. The molecule has 0 atom stereocenters. The van der Waals surface area contributed by atoms with Crippen LogP contribution in [-0.2, 0) is 10.0 Å². The van der Waals surface area contributed by atoms with Gasteiger partial charge in [-0.3, -0.25) is 0 Å². The monoisotopic (exact) mass is 317 g/mol. The van der Waals surface area contributed by atoms with Gasteiger partial charge in [-0.25, -0.2) is 17.5 Å². The van der Waals surface area contributed by atoms with Crippen molar-refractivity contribution >= 4 is 16.0 Å². The van der Waals surface area contributed by atoms with E-state index in [1.807, 2.05) is 0 Å². The molecular formula is C13H23N3O4S. The summed E-state index contributed by atoms with van der Waals surface area (Å²) in [5, 5.41) is 12.1. The number of aromatic nitrogens is 1. The Balaban J connectivity index is 3.08. The Morgan fingerprint density at radius 1 is 1.48 bits per heavy atom. The van der Waals surface area contributed by atoms with Crippen molar-refractivity contribution in [2.24, 2.45) is 0 Å². The van der Waals surface area contributed by atoms with Gasteiger partial charge in [0, 0.05) is 25.8 Å². The van der Waals surface area contributed by atoms with Crippen molar-refractivity contribution in [3.05, 3.63) is 18.0 Å². The van der Waals surface area contributed by atoms with Crippen LogP contribution in [0.3, 0.4) is 0 Å². The summed E-state index contributed by atoms with van der Waals surface area (Å²) in [6.07, 6.45) is 2.07. The van der Waals surface area contributed by atoms with Gasteiger partial charge in [0.25, 0.3) is 0 Å². The molecular weight excluding hydrogens is 294 g/mol. The van der Waals surface area contributed by atoms with Crippen LogP contribution in [0, 0.1) is 0 Å². The van der Waals surface area contributed by atoms with E-state index in [1.54, 1.807) is 20.9 Å². The van der Waals surface area contributed by atoms with Gasteiger partial charge in [-0.1, -0.05) is 0 Å². The van der Waals surface area contributed by atoms with Crippen LogP contribution in [-0.4, -0.2) is 55.6 Å². The first-order valence-electron chi connectivity index (χ1n) is 6.78. The molecule has 0 aliphatic heterocycles. The molecule has 0 aliphatic carbocycles. The summed E-state index contributed by atoms with van der Waals surface area (Å²) in [5.41, 5.74) is -0.0211. The number of nitrogens with zero attached hydrogens (tertiary/aromatic N) is 2. The number of carboxylic acid groups (broad SMARTS) is 1. The second-order valence-corrected chi connectivity index (χ2v) is 7.20. The van der Waals surface area contributed by atoms with E-state index < -0.39 is 16.0 Å². The van der Waals surface area contributed by atoms with E-state index >= 15 is 0 Å². The lowest BCUT2D eigenvalue weighted by Gasteiger charge is -2.16. The molecule has 0 aromatic carbocycles. The number of carbonyl (C=O) groups is 1. The average molecular weight is 317 g/mol. The van der Waals surface area contributed by atoms with E-state index in [9.17, 15) is 13.2 Å². The third-order valence-electron chi connectivity index (χ3n) is 3.21. The van der Waals surface area contributed by atoms with Gasteiger partial charge >= 0.3 is 5.97 Å². The molecule has 0 saturated carbocycles. The number of carboxylic acids is 1. The van der Waals surface area contributed by atoms with Crippen LogP contribution in [0.4, 0.5) is 0 Å². The molecule has 7 nitrogen and oxygen atoms in total. The predicted molar refractivity (Wildman–Crippen MR) is 80.1 cm³/mol. The smallest absolute Gasteiger partial charge is 0.352 e. The topological polar surface area (TPSA) is 91.6 Å². The van der Waals surface area contributed by atoms with Gasteiger partial charge in [-0.05, 0) is 39.9 Å². The van der Waals surface area contributed by atoms with Gasteiger partial charge in [0.05, 0.1) is 0 Å². The highest BCUT2D eigenvalue weighted by Crippen LogP contribution is 2.21. The molecule has 0 fully saturated rings. The molecule has 0 bridgehead atoms.